The Hall–Kier alpha value is -1.05. The van der Waals surface area contributed by atoms with Crippen LogP contribution in [-0.2, 0) is 0 Å². The normalized spacial score (nSPS) is 19.2. The average Bonchev–Trinajstić information content (AvgIpc) is 2.34. The molecule has 1 rings (SSSR count). The van der Waals surface area contributed by atoms with Gasteiger partial charge in [0.1, 0.15) is 0 Å². The lowest BCUT2D eigenvalue weighted by Crippen LogP contribution is -1.99. The predicted octanol–water partition coefficient (Wildman–Crippen LogP) is 1.47. The molecule has 1 heterocycles. The SMILES string of the molecule is CC(C)=C/C=C1/C=NNC1. The zero-order valence-electron chi connectivity index (χ0n) is 6.39. The maximum Gasteiger partial charge on any atom is 0.0595 e. The summed E-state index contributed by atoms with van der Waals surface area (Å²) >= 11 is 0. The predicted molar refractivity (Wildman–Crippen MR) is 44.0 cm³/mol. The van der Waals surface area contributed by atoms with E-state index in [1.54, 1.807) is 0 Å². The van der Waals surface area contributed by atoms with Crippen LogP contribution in [0.25, 0.3) is 0 Å². The van der Waals surface area contributed by atoms with Gasteiger partial charge in [-0.15, -0.1) is 0 Å². The van der Waals surface area contributed by atoms with Crippen molar-refractivity contribution in [1.29, 1.82) is 0 Å². The van der Waals surface area contributed by atoms with E-state index < -0.39 is 0 Å². The highest BCUT2D eigenvalue weighted by Crippen LogP contribution is 1.97. The Kier molecular flexibility index (Phi) is 2.26. The van der Waals surface area contributed by atoms with E-state index in [4.69, 9.17) is 0 Å². The molecule has 0 spiro atoms. The minimum absolute atomic E-state index is 0.865. The number of rotatable bonds is 1. The summed E-state index contributed by atoms with van der Waals surface area (Å²) in [6, 6.07) is 0. The van der Waals surface area contributed by atoms with Crippen molar-refractivity contribution in [2.45, 2.75) is 13.8 Å². The van der Waals surface area contributed by atoms with Crippen LogP contribution in [0.15, 0.2) is 28.4 Å². The van der Waals surface area contributed by atoms with Gasteiger partial charge in [-0.2, -0.15) is 5.10 Å². The molecular formula is C8H12N2. The third-order valence-corrected chi connectivity index (χ3v) is 1.24. The van der Waals surface area contributed by atoms with Gasteiger partial charge in [-0.05, 0) is 19.4 Å². The van der Waals surface area contributed by atoms with Crippen molar-refractivity contribution in [3.8, 4) is 0 Å². The highest BCUT2D eigenvalue weighted by Gasteiger charge is 1.95. The summed E-state index contributed by atoms with van der Waals surface area (Å²) in [6.45, 7) is 5.02. The minimum Gasteiger partial charge on any atom is -0.306 e. The Morgan fingerprint density at radius 3 is 3.00 bits per heavy atom. The summed E-state index contributed by atoms with van der Waals surface area (Å²) in [5, 5.41) is 3.87. The van der Waals surface area contributed by atoms with Crippen molar-refractivity contribution in [2.75, 3.05) is 6.54 Å². The standard InChI is InChI=1S/C8H12N2/c1-7(2)3-4-8-5-9-10-6-8/h3-5,10H,6H2,1-2H3/b8-4-. The fourth-order valence-corrected chi connectivity index (χ4v) is 0.687. The summed E-state index contributed by atoms with van der Waals surface area (Å²) < 4.78 is 0. The number of hydrogen-bond acceptors (Lipinski definition) is 2. The van der Waals surface area contributed by atoms with Gasteiger partial charge in [-0.1, -0.05) is 17.7 Å². The molecule has 0 aromatic carbocycles. The van der Waals surface area contributed by atoms with Gasteiger partial charge in [0.05, 0.1) is 12.8 Å². The molecular weight excluding hydrogens is 124 g/mol. The van der Waals surface area contributed by atoms with Crippen LogP contribution in [0.3, 0.4) is 0 Å². The number of nitrogens with one attached hydrogen (secondary N) is 1. The van der Waals surface area contributed by atoms with Crippen LogP contribution in [0.2, 0.25) is 0 Å². The lowest BCUT2D eigenvalue weighted by molar-refractivity contribution is 0.856. The summed E-state index contributed by atoms with van der Waals surface area (Å²) in [5.74, 6) is 0. The van der Waals surface area contributed by atoms with Crippen molar-refractivity contribution in [1.82, 2.24) is 5.43 Å². The number of nitrogens with zero attached hydrogens (tertiary/aromatic N) is 1. The molecule has 0 atom stereocenters. The molecule has 2 heteroatoms. The first-order chi connectivity index (χ1) is 4.79. The van der Waals surface area contributed by atoms with E-state index in [1.807, 2.05) is 6.21 Å². The van der Waals surface area contributed by atoms with Gasteiger partial charge >= 0.3 is 0 Å². The fourth-order valence-electron chi connectivity index (χ4n) is 0.687. The largest absolute Gasteiger partial charge is 0.306 e. The molecule has 0 amide bonds. The Morgan fingerprint density at radius 1 is 1.70 bits per heavy atom. The van der Waals surface area contributed by atoms with Crippen molar-refractivity contribution in [2.24, 2.45) is 5.10 Å². The molecule has 0 saturated heterocycles. The molecule has 0 radical (unpaired) electrons. The third-order valence-electron chi connectivity index (χ3n) is 1.24. The average molecular weight is 136 g/mol. The van der Waals surface area contributed by atoms with Crippen LogP contribution in [0, 0.1) is 0 Å². The maximum atomic E-state index is 3.87. The molecule has 0 saturated carbocycles. The van der Waals surface area contributed by atoms with Crippen molar-refractivity contribution in [3.63, 3.8) is 0 Å². The van der Waals surface area contributed by atoms with Gasteiger partial charge in [-0.25, -0.2) is 0 Å². The molecule has 0 bridgehead atoms. The van der Waals surface area contributed by atoms with E-state index in [0.717, 1.165) is 6.54 Å². The van der Waals surface area contributed by atoms with Gasteiger partial charge in [0, 0.05) is 0 Å². The fraction of sp³-hybridized carbons (Fsp3) is 0.375. The summed E-state index contributed by atoms with van der Waals surface area (Å²) in [5.41, 5.74) is 5.42. The number of hydrazone groups is 1. The van der Waals surface area contributed by atoms with Crippen molar-refractivity contribution < 1.29 is 0 Å². The Balaban J connectivity index is 2.55. The Labute approximate surface area is 61.3 Å². The van der Waals surface area contributed by atoms with Gasteiger partial charge in [-0.3, -0.25) is 0 Å². The van der Waals surface area contributed by atoms with E-state index in [1.165, 1.54) is 11.1 Å². The molecule has 0 unspecified atom stereocenters. The molecule has 2 nitrogen and oxygen atoms in total. The lowest BCUT2D eigenvalue weighted by Gasteiger charge is -1.87. The number of hydrogen-bond donors (Lipinski definition) is 1. The van der Waals surface area contributed by atoms with Crippen molar-refractivity contribution >= 4 is 6.21 Å². The number of allylic oxidation sites excluding steroid dienone is 3. The van der Waals surface area contributed by atoms with E-state index >= 15 is 0 Å². The maximum absolute atomic E-state index is 3.87. The second kappa shape index (κ2) is 3.20. The first-order valence-corrected chi connectivity index (χ1v) is 3.39. The van der Waals surface area contributed by atoms with Crippen LogP contribution >= 0.6 is 0 Å². The molecule has 1 N–H and O–H groups in total. The van der Waals surface area contributed by atoms with Gasteiger partial charge < -0.3 is 5.43 Å². The first-order valence-electron chi connectivity index (χ1n) is 3.39. The smallest absolute Gasteiger partial charge is 0.0595 e. The van der Waals surface area contributed by atoms with Crippen LogP contribution in [0.5, 0.6) is 0 Å². The molecule has 54 valence electrons. The second-order valence-electron chi connectivity index (χ2n) is 2.58. The molecule has 0 aromatic rings. The second-order valence-corrected chi connectivity index (χ2v) is 2.58. The van der Waals surface area contributed by atoms with E-state index in [2.05, 4.69) is 36.5 Å². The third kappa shape index (κ3) is 2.05. The zero-order valence-corrected chi connectivity index (χ0v) is 6.39. The first kappa shape index (κ1) is 7.06. The van der Waals surface area contributed by atoms with Crippen LogP contribution in [-0.4, -0.2) is 12.8 Å². The van der Waals surface area contributed by atoms with Crippen molar-refractivity contribution in [3.05, 3.63) is 23.3 Å². The molecule has 1 aliphatic rings. The van der Waals surface area contributed by atoms with Crippen LogP contribution < -0.4 is 5.43 Å². The van der Waals surface area contributed by atoms with Gasteiger partial charge in [0.2, 0.25) is 0 Å². The van der Waals surface area contributed by atoms with E-state index in [-0.39, 0.29) is 0 Å². The summed E-state index contributed by atoms with van der Waals surface area (Å²) in [7, 11) is 0. The van der Waals surface area contributed by atoms with Gasteiger partial charge in [0.25, 0.3) is 0 Å². The highest BCUT2D eigenvalue weighted by molar-refractivity contribution is 5.81. The Morgan fingerprint density at radius 2 is 2.50 bits per heavy atom. The molecule has 0 aromatic heterocycles. The van der Waals surface area contributed by atoms with Crippen LogP contribution in [0.1, 0.15) is 13.8 Å². The van der Waals surface area contributed by atoms with Gasteiger partial charge in [0.15, 0.2) is 0 Å². The summed E-state index contributed by atoms with van der Waals surface area (Å²) in [6.07, 6.45) is 6.02. The molecule has 0 fully saturated rings. The molecule has 10 heavy (non-hydrogen) atoms. The van der Waals surface area contributed by atoms with E-state index in [9.17, 15) is 0 Å². The van der Waals surface area contributed by atoms with E-state index in [0.29, 0.717) is 0 Å². The highest BCUT2D eigenvalue weighted by atomic mass is 15.3. The lowest BCUT2D eigenvalue weighted by atomic mass is 10.2. The quantitative estimate of drug-likeness (QED) is 0.580. The zero-order chi connectivity index (χ0) is 7.40. The Bertz CT molecular complexity index is 195. The molecule has 0 aliphatic carbocycles. The minimum atomic E-state index is 0.865. The molecule has 1 aliphatic heterocycles. The monoisotopic (exact) mass is 136 g/mol. The van der Waals surface area contributed by atoms with Crippen LogP contribution in [0.4, 0.5) is 0 Å². The topological polar surface area (TPSA) is 24.4 Å². The summed E-state index contributed by atoms with van der Waals surface area (Å²) in [4.78, 5) is 0.